The summed E-state index contributed by atoms with van der Waals surface area (Å²) in [4.78, 5) is 15.1. The van der Waals surface area contributed by atoms with Crippen molar-refractivity contribution in [3.63, 3.8) is 0 Å². The van der Waals surface area contributed by atoms with Gasteiger partial charge in [-0.1, -0.05) is 0 Å². The van der Waals surface area contributed by atoms with Crippen LogP contribution < -0.4 is 5.32 Å². The summed E-state index contributed by atoms with van der Waals surface area (Å²) in [5.41, 5.74) is 0.269. The first-order valence-electron chi connectivity index (χ1n) is 5.19. The van der Waals surface area contributed by atoms with Crippen molar-refractivity contribution < 1.29 is 19.0 Å². The molecule has 0 saturated heterocycles. The number of rotatable bonds is 6. The van der Waals surface area contributed by atoms with Gasteiger partial charge in [0.25, 0.3) is 5.91 Å². The highest BCUT2D eigenvalue weighted by Crippen LogP contribution is 2.01. The molecular formula is C11H15FN2O3. The van der Waals surface area contributed by atoms with Gasteiger partial charge >= 0.3 is 0 Å². The van der Waals surface area contributed by atoms with Gasteiger partial charge in [0, 0.05) is 19.9 Å². The van der Waals surface area contributed by atoms with Crippen LogP contribution in [0.3, 0.4) is 0 Å². The molecule has 1 unspecified atom stereocenters. The summed E-state index contributed by atoms with van der Waals surface area (Å²) >= 11 is 0. The summed E-state index contributed by atoms with van der Waals surface area (Å²) in [5.74, 6) is -1.00. The van der Waals surface area contributed by atoms with E-state index in [1.165, 1.54) is 13.2 Å². The number of carbonyl (C=O) groups is 1. The number of hydrogen-bond donors (Lipinski definition) is 2. The Labute approximate surface area is 98.6 Å². The van der Waals surface area contributed by atoms with Gasteiger partial charge in [-0.25, -0.2) is 4.98 Å². The maximum atomic E-state index is 12.6. The molecule has 1 amide bonds. The third-order valence-corrected chi connectivity index (χ3v) is 2.17. The molecule has 94 valence electrons. The number of amides is 1. The number of aromatic nitrogens is 1. The number of ether oxygens (including phenoxy) is 1. The van der Waals surface area contributed by atoms with Crippen molar-refractivity contribution >= 4 is 5.91 Å². The number of pyridine rings is 1. The number of hydrogen-bond acceptors (Lipinski definition) is 4. The fraction of sp³-hybridized carbons (Fsp3) is 0.455. The van der Waals surface area contributed by atoms with Crippen LogP contribution in [0.5, 0.6) is 0 Å². The van der Waals surface area contributed by atoms with Gasteiger partial charge in [-0.2, -0.15) is 4.39 Å². The zero-order valence-corrected chi connectivity index (χ0v) is 9.52. The fourth-order valence-electron chi connectivity index (χ4n) is 1.33. The molecule has 0 aliphatic heterocycles. The molecular weight excluding hydrogens is 227 g/mol. The van der Waals surface area contributed by atoms with E-state index in [0.29, 0.717) is 13.0 Å². The van der Waals surface area contributed by atoms with Crippen LogP contribution in [-0.2, 0) is 4.74 Å². The Hall–Kier alpha value is -1.53. The van der Waals surface area contributed by atoms with Crippen LogP contribution in [0, 0.1) is 5.95 Å². The van der Waals surface area contributed by atoms with E-state index in [2.05, 4.69) is 10.3 Å². The lowest BCUT2D eigenvalue weighted by Crippen LogP contribution is -2.38. The van der Waals surface area contributed by atoms with Crippen molar-refractivity contribution in [3.8, 4) is 0 Å². The molecule has 0 aliphatic carbocycles. The van der Waals surface area contributed by atoms with Crippen molar-refractivity contribution in [2.75, 3.05) is 20.3 Å². The Kier molecular flexibility index (Phi) is 5.51. The second-order valence-corrected chi connectivity index (χ2v) is 3.51. The van der Waals surface area contributed by atoms with Crippen LogP contribution in [0.4, 0.5) is 4.39 Å². The SMILES string of the molecule is COCC(CCO)NC(=O)c1ccc(F)nc1. The van der Waals surface area contributed by atoms with Crippen LogP contribution in [0.2, 0.25) is 0 Å². The second kappa shape index (κ2) is 6.93. The van der Waals surface area contributed by atoms with E-state index in [0.717, 1.165) is 12.3 Å². The van der Waals surface area contributed by atoms with E-state index in [1.807, 2.05) is 0 Å². The Bertz CT molecular complexity index is 350. The molecule has 5 nitrogen and oxygen atoms in total. The number of carbonyl (C=O) groups excluding carboxylic acids is 1. The summed E-state index contributed by atoms with van der Waals surface area (Å²) in [6.07, 6.45) is 1.56. The normalized spacial score (nSPS) is 12.2. The number of nitrogens with zero attached hydrogens (tertiary/aromatic N) is 1. The van der Waals surface area contributed by atoms with Gasteiger partial charge in [-0.15, -0.1) is 0 Å². The number of aliphatic hydroxyl groups is 1. The molecule has 0 aliphatic rings. The Morgan fingerprint density at radius 1 is 1.65 bits per heavy atom. The smallest absolute Gasteiger partial charge is 0.253 e. The van der Waals surface area contributed by atoms with E-state index in [-0.39, 0.29) is 24.1 Å². The molecule has 17 heavy (non-hydrogen) atoms. The van der Waals surface area contributed by atoms with E-state index in [9.17, 15) is 9.18 Å². The van der Waals surface area contributed by atoms with E-state index in [4.69, 9.17) is 9.84 Å². The topological polar surface area (TPSA) is 71.5 Å². The second-order valence-electron chi connectivity index (χ2n) is 3.51. The van der Waals surface area contributed by atoms with Crippen LogP contribution in [0.1, 0.15) is 16.8 Å². The van der Waals surface area contributed by atoms with Gasteiger partial charge in [0.2, 0.25) is 5.95 Å². The van der Waals surface area contributed by atoms with Gasteiger partial charge in [0.05, 0.1) is 18.2 Å². The molecule has 0 saturated carbocycles. The molecule has 1 heterocycles. The maximum Gasteiger partial charge on any atom is 0.253 e. The third kappa shape index (κ3) is 4.46. The Morgan fingerprint density at radius 2 is 2.41 bits per heavy atom. The monoisotopic (exact) mass is 242 g/mol. The molecule has 6 heteroatoms. The molecule has 1 aromatic rings. The van der Waals surface area contributed by atoms with Gasteiger partial charge in [-0.3, -0.25) is 4.79 Å². The molecule has 1 rings (SSSR count). The highest BCUT2D eigenvalue weighted by atomic mass is 19.1. The van der Waals surface area contributed by atoms with Crippen molar-refractivity contribution in [3.05, 3.63) is 29.8 Å². The highest BCUT2D eigenvalue weighted by molar-refractivity contribution is 5.94. The predicted octanol–water partition coefficient (Wildman–Crippen LogP) is 0.348. The minimum atomic E-state index is -0.634. The van der Waals surface area contributed by atoms with Gasteiger partial charge in [0.1, 0.15) is 0 Å². The number of nitrogens with one attached hydrogen (secondary N) is 1. The fourth-order valence-corrected chi connectivity index (χ4v) is 1.33. The molecule has 0 aromatic carbocycles. The van der Waals surface area contributed by atoms with Crippen LogP contribution in [-0.4, -0.2) is 42.4 Å². The van der Waals surface area contributed by atoms with Crippen LogP contribution >= 0.6 is 0 Å². The van der Waals surface area contributed by atoms with Gasteiger partial charge in [-0.05, 0) is 18.6 Å². The quantitative estimate of drug-likeness (QED) is 0.706. The standard InChI is InChI=1S/C11H15FN2O3/c1-17-7-9(4-5-15)14-11(16)8-2-3-10(12)13-6-8/h2-3,6,9,15H,4-5,7H2,1H3,(H,14,16). The third-order valence-electron chi connectivity index (χ3n) is 2.17. The molecule has 0 radical (unpaired) electrons. The van der Waals surface area contributed by atoms with Crippen LogP contribution in [0.25, 0.3) is 0 Å². The lowest BCUT2D eigenvalue weighted by atomic mass is 10.2. The summed E-state index contributed by atoms with van der Waals surface area (Å²) in [6, 6.07) is 2.19. The molecule has 0 fully saturated rings. The molecule has 0 bridgehead atoms. The first kappa shape index (κ1) is 13.5. The lowest BCUT2D eigenvalue weighted by Gasteiger charge is -2.16. The Morgan fingerprint density at radius 3 is 2.94 bits per heavy atom. The number of methoxy groups -OCH3 is 1. The maximum absolute atomic E-state index is 12.6. The van der Waals surface area contributed by atoms with Crippen molar-refractivity contribution in [2.24, 2.45) is 0 Å². The summed E-state index contributed by atoms with van der Waals surface area (Å²) in [7, 11) is 1.51. The largest absolute Gasteiger partial charge is 0.396 e. The van der Waals surface area contributed by atoms with Crippen molar-refractivity contribution in [1.82, 2.24) is 10.3 Å². The highest BCUT2D eigenvalue weighted by Gasteiger charge is 2.13. The van der Waals surface area contributed by atoms with Crippen molar-refractivity contribution in [2.45, 2.75) is 12.5 Å². The van der Waals surface area contributed by atoms with E-state index < -0.39 is 5.95 Å². The summed E-state index contributed by atoms with van der Waals surface area (Å²) < 4.78 is 17.5. The van der Waals surface area contributed by atoms with Crippen LogP contribution in [0.15, 0.2) is 18.3 Å². The van der Waals surface area contributed by atoms with Gasteiger partial charge < -0.3 is 15.2 Å². The van der Waals surface area contributed by atoms with Crippen molar-refractivity contribution in [1.29, 1.82) is 0 Å². The predicted molar refractivity (Wildman–Crippen MR) is 59.0 cm³/mol. The zero-order chi connectivity index (χ0) is 12.7. The molecule has 0 spiro atoms. The molecule has 2 N–H and O–H groups in total. The first-order valence-corrected chi connectivity index (χ1v) is 5.19. The summed E-state index contributed by atoms with van der Waals surface area (Å²) in [6.45, 7) is 0.261. The summed E-state index contributed by atoms with van der Waals surface area (Å²) in [5, 5.41) is 11.5. The lowest BCUT2D eigenvalue weighted by molar-refractivity contribution is 0.0878. The molecule has 1 aromatic heterocycles. The number of halogens is 1. The average Bonchev–Trinajstić information content (AvgIpc) is 2.30. The zero-order valence-electron chi connectivity index (χ0n) is 9.52. The van der Waals surface area contributed by atoms with E-state index >= 15 is 0 Å². The van der Waals surface area contributed by atoms with Gasteiger partial charge in [0.15, 0.2) is 0 Å². The minimum Gasteiger partial charge on any atom is -0.396 e. The number of aliphatic hydroxyl groups excluding tert-OH is 1. The Balaban J connectivity index is 2.60. The molecule has 1 atom stereocenters. The van der Waals surface area contributed by atoms with E-state index in [1.54, 1.807) is 0 Å². The average molecular weight is 242 g/mol. The first-order chi connectivity index (χ1) is 8.17. The minimum absolute atomic E-state index is 0.0457.